The van der Waals surface area contributed by atoms with Crippen molar-refractivity contribution in [2.45, 2.75) is 58.5 Å². The van der Waals surface area contributed by atoms with Crippen LogP contribution < -0.4 is 0 Å². The normalized spacial score (nSPS) is 26.0. The van der Waals surface area contributed by atoms with Gasteiger partial charge < -0.3 is 24.3 Å². The Morgan fingerprint density at radius 1 is 1.35 bits per heavy atom. The van der Waals surface area contributed by atoms with Gasteiger partial charge in [0, 0.05) is 0 Å². The maximum absolute atomic E-state index is 12.2. The van der Waals surface area contributed by atoms with E-state index in [1.165, 1.54) is 0 Å². The number of hydrogen-bond donors (Lipinski definition) is 3. The van der Waals surface area contributed by atoms with Crippen LogP contribution in [0.25, 0.3) is 0 Å². The monoisotopic (exact) mass is 432 g/mol. The van der Waals surface area contributed by atoms with E-state index in [-0.39, 0.29) is 18.2 Å². The van der Waals surface area contributed by atoms with Crippen molar-refractivity contribution in [1.82, 2.24) is 4.98 Å². The number of aromatic amines is 1. The second-order valence-electron chi connectivity index (χ2n) is 7.92. The molecule has 0 spiro atoms. The average molecular weight is 432 g/mol. The summed E-state index contributed by atoms with van der Waals surface area (Å²) in [6, 6.07) is 5.16. The number of hydrogen-bond acceptors (Lipinski definition) is 8. The first-order chi connectivity index (χ1) is 14.6. The van der Waals surface area contributed by atoms with Crippen molar-refractivity contribution in [3.05, 3.63) is 23.5 Å². The number of ether oxygens (including phenoxy) is 3. The molecule has 3 N–H and O–H groups in total. The first kappa shape index (κ1) is 24.2. The highest BCUT2D eigenvalue weighted by Crippen LogP contribution is 2.41. The van der Waals surface area contributed by atoms with Crippen molar-refractivity contribution >= 4 is 24.0 Å². The van der Waals surface area contributed by atoms with Crippen LogP contribution in [0, 0.1) is 28.6 Å². The standard InChI is InChI=1S/C21H28N4O6/c1-11(2)19(27)29-8-15-17(30-20(28)12(3)4)18(26)21(9-22,31-15)16-7-6-14(25-16)13(5)24-10-23/h6-7,10-12,15,17-18,23,25-26H,8H2,1-5H3/t15?,17-,18-,21+/m1/s1. The van der Waals surface area contributed by atoms with Gasteiger partial charge in [-0.15, -0.1) is 0 Å². The van der Waals surface area contributed by atoms with Crippen LogP contribution in [0.4, 0.5) is 0 Å². The minimum absolute atomic E-state index is 0.223. The van der Waals surface area contributed by atoms with Gasteiger partial charge in [0.05, 0.1) is 28.9 Å². The van der Waals surface area contributed by atoms with Gasteiger partial charge in [-0.1, -0.05) is 27.7 Å². The minimum Gasteiger partial charge on any atom is -0.463 e. The predicted molar refractivity (Wildman–Crippen MR) is 110 cm³/mol. The van der Waals surface area contributed by atoms with Crippen LogP contribution >= 0.6 is 0 Å². The summed E-state index contributed by atoms with van der Waals surface area (Å²) in [5.41, 5.74) is -0.651. The van der Waals surface area contributed by atoms with Gasteiger partial charge in [-0.05, 0) is 19.1 Å². The van der Waals surface area contributed by atoms with Crippen molar-refractivity contribution in [2.75, 3.05) is 6.61 Å². The Morgan fingerprint density at radius 3 is 2.55 bits per heavy atom. The van der Waals surface area contributed by atoms with Crippen LogP contribution in [0.3, 0.4) is 0 Å². The molecular formula is C21H28N4O6. The first-order valence-corrected chi connectivity index (χ1v) is 9.94. The lowest BCUT2D eigenvalue weighted by Crippen LogP contribution is -2.43. The van der Waals surface area contributed by atoms with Gasteiger partial charge in [0.15, 0.2) is 6.10 Å². The van der Waals surface area contributed by atoms with E-state index in [1.807, 2.05) is 6.07 Å². The number of esters is 2. The Balaban J connectivity index is 2.40. The number of aliphatic hydroxyl groups is 1. The molecule has 4 atom stereocenters. The highest BCUT2D eigenvalue weighted by Gasteiger charge is 2.59. The summed E-state index contributed by atoms with van der Waals surface area (Å²) in [4.78, 5) is 31.0. The Hall–Kier alpha value is -3.03. The number of aliphatic imine (C=N–C) groups is 1. The number of H-pyrrole nitrogens is 1. The van der Waals surface area contributed by atoms with Gasteiger partial charge in [-0.3, -0.25) is 15.0 Å². The van der Waals surface area contributed by atoms with Crippen molar-refractivity contribution in [1.29, 1.82) is 10.7 Å². The van der Waals surface area contributed by atoms with E-state index >= 15 is 0 Å². The zero-order valence-corrected chi connectivity index (χ0v) is 18.2. The fraction of sp³-hybridized carbons (Fsp3) is 0.571. The lowest BCUT2D eigenvalue weighted by atomic mass is 9.92. The molecule has 1 saturated heterocycles. The number of nitrogens with one attached hydrogen (secondary N) is 2. The van der Waals surface area contributed by atoms with E-state index in [0.717, 1.165) is 6.34 Å². The lowest BCUT2D eigenvalue weighted by Gasteiger charge is -2.24. The minimum atomic E-state index is -1.89. The second kappa shape index (κ2) is 9.85. The van der Waals surface area contributed by atoms with E-state index < -0.39 is 41.8 Å². The largest absolute Gasteiger partial charge is 0.463 e. The van der Waals surface area contributed by atoms with Gasteiger partial charge >= 0.3 is 11.9 Å². The molecule has 0 aromatic carbocycles. The maximum Gasteiger partial charge on any atom is 0.308 e. The summed E-state index contributed by atoms with van der Waals surface area (Å²) < 4.78 is 16.6. The third kappa shape index (κ3) is 5.00. The fourth-order valence-corrected chi connectivity index (χ4v) is 3.05. The molecule has 1 aromatic heterocycles. The molecule has 2 heterocycles. The molecule has 0 saturated carbocycles. The van der Waals surface area contributed by atoms with E-state index in [2.05, 4.69) is 9.98 Å². The summed E-state index contributed by atoms with van der Waals surface area (Å²) in [5.74, 6) is -1.92. The molecule has 2 rings (SSSR count). The Kier molecular flexibility index (Phi) is 7.70. The lowest BCUT2D eigenvalue weighted by molar-refractivity contribution is -0.164. The number of aliphatic hydroxyl groups excluding tert-OH is 1. The van der Waals surface area contributed by atoms with Crippen molar-refractivity contribution in [2.24, 2.45) is 16.8 Å². The molecular weight excluding hydrogens is 404 g/mol. The van der Waals surface area contributed by atoms with E-state index in [4.69, 9.17) is 19.6 Å². The summed E-state index contributed by atoms with van der Waals surface area (Å²) in [6.07, 6.45) is -2.94. The Bertz CT molecular complexity index is 900. The van der Waals surface area contributed by atoms with Gasteiger partial charge in [-0.25, -0.2) is 4.99 Å². The molecule has 0 aliphatic carbocycles. The number of nitrogens with zero attached hydrogens (tertiary/aromatic N) is 2. The van der Waals surface area contributed by atoms with Gasteiger partial charge in [-0.2, -0.15) is 5.26 Å². The number of aromatic nitrogens is 1. The van der Waals surface area contributed by atoms with Crippen molar-refractivity contribution in [3.63, 3.8) is 0 Å². The molecule has 10 heteroatoms. The SMILES string of the molecule is CC(=NC=N)c1ccc([C@]2(C#N)OC(COC(=O)C(C)C)[C@@H](OC(=O)C(C)C)[C@H]2O)[nH]1. The van der Waals surface area contributed by atoms with Gasteiger partial charge in [0.2, 0.25) is 5.60 Å². The number of carbonyl (C=O) groups is 2. The molecule has 1 fully saturated rings. The van der Waals surface area contributed by atoms with Gasteiger partial charge in [0.1, 0.15) is 31.2 Å². The van der Waals surface area contributed by atoms with E-state index in [0.29, 0.717) is 11.4 Å². The third-order valence-corrected chi connectivity index (χ3v) is 4.92. The molecule has 1 aliphatic heterocycles. The first-order valence-electron chi connectivity index (χ1n) is 9.94. The van der Waals surface area contributed by atoms with Crippen molar-refractivity contribution in [3.8, 4) is 6.07 Å². The second-order valence-corrected chi connectivity index (χ2v) is 7.92. The maximum atomic E-state index is 12.2. The Morgan fingerprint density at radius 2 is 2.00 bits per heavy atom. The van der Waals surface area contributed by atoms with Crippen molar-refractivity contribution < 1.29 is 28.9 Å². The molecule has 168 valence electrons. The quantitative estimate of drug-likeness (QED) is 0.320. The Labute approximate surface area is 180 Å². The molecule has 0 amide bonds. The average Bonchev–Trinajstić information content (AvgIpc) is 3.31. The van der Waals surface area contributed by atoms with Crippen LogP contribution in [-0.4, -0.2) is 59.0 Å². The summed E-state index contributed by atoms with van der Waals surface area (Å²) in [6.45, 7) is 7.99. The van der Waals surface area contributed by atoms with Crippen LogP contribution in [0.15, 0.2) is 17.1 Å². The zero-order valence-electron chi connectivity index (χ0n) is 18.2. The van der Waals surface area contributed by atoms with Gasteiger partial charge in [0.25, 0.3) is 0 Å². The summed E-state index contributed by atoms with van der Waals surface area (Å²) in [5, 5.41) is 28.1. The molecule has 0 bridgehead atoms. The van der Waals surface area contributed by atoms with Crippen LogP contribution in [0.2, 0.25) is 0 Å². The highest BCUT2D eigenvalue weighted by atomic mass is 16.6. The zero-order chi connectivity index (χ0) is 23.3. The molecule has 1 aliphatic rings. The van der Waals surface area contributed by atoms with E-state index in [1.54, 1.807) is 46.8 Å². The highest BCUT2D eigenvalue weighted by molar-refractivity contribution is 6.00. The number of rotatable bonds is 8. The topological polar surface area (TPSA) is 158 Å². The smallest absolute Gasteiger partial charge is 0.308 e. The molecule has 1 aromatic rings. The fourth-order valence-electron chi connectivity index (χ4n) is 3.05. The molecule has 0 radical (unpaired) electrons. The summed E-state index contributed by atoms with van der Waals surface area (Å²) >= 11 is 0. The van der Waals surface area contributed by atoms with Crippen LogP contribution in [-0.2, 0) is 29.4 Å². The molecule has 10 nitrogen and oxygen atoms in total. The summed E-state index contributed by atoms with van der Waals surface area (Å²) in [7, 11) is 0. The molecule has 31 heavy (non-hydrogen) atoms. The number of carbonyl (C=O) groups excluding carboxylic acids is 2. The predicted octanol–water partition coefficient (Wildman–Crippen LogP) is 1.68. The van der Waals surface area contributed by atoms with E-state index in [9.17, 15) is 20.0 Å². The van der Waals surface area contributed by atoms with Crippen LogP contribution in [0.5, 0.6) is 0 Å². The van der Waals surface area contributed by atoms with Crippen LogP contribution in [0.1, 0.15) is 46.0 Å². The number of nitriles is 1. The molecule has 1 unspecified atom stereocenters. The third-order valence-electron chi connectivity index (χ3n) is 4.92.